The van der Waals surface area contributed by atoms with Crippen LogP contribution in [0, 0.1) is 36.5 Å². The number of methoxy groups -OCH3 is 1. The van der Waals surface area contributed by atoms with E-state index in [1.54, 1.807) is 35.8 Å². The summed E-state index contributed by atoms with van der Waals surface area (Å²) in [7, 11) is 3.26. The van der Waals surface area contributed by atoms with Crippen LogP contribution >= 0.6 is 0 Å². The number of ketones is 2. The first-order valence-corrected chi connectivity index (χ1v) is 9.65. The predicted molar refractivity (Wildman–Crippen MR) is 118 cm³/mol. The van der Waals surface area contributed by atoms with Gasteiger partial charge in [-0.15, -0.1) is 12.8 Å². The summed E-state index contributed by atoms with van der Waals surface area (Å²) in [6.45, 7) is 0.165. The first-order valence-electron chi connectivity index (χ1n) is 9.65. The number of hydrogen-bond acceptors (Lipinski definition) is 7. The third kappa shape index (κ3) is 4.25. The van der Waals surface area contributed by atoms with Crippen LogP contribution in [0.15, 0.2) is 24.3 Å². The molecule has 0 saturated heterocycles. The number of nitrogens with one attached hydrogen (secondary N) is 1. The lowest BCUT2D eigenvalue weighted by Crippen LogP contribution is -2.57. The molecule has 0 fully saturated rings. The number of aromatic nitrogens is 2. The summed E-state index contributed by atoms with van der Waals surface area (Å²) < 4.78 is 6.85. The molecular weight excluding hydrogens is 408 g/mol. The zero-order valence-corrected chi connectivity index (χ0v) is 17.6. The number of terminal acetylenes is 2. The number of carbonyl (C=O) groups excluding carboxylic acids is 3. The Bertz CT molecular complexity index is 1220. The van der Waals surface area contributed by atoms with Gasteiger partial charge in [0.05, 0.1) is 12.8 Å². The highest BCUT2D eigenvalue weighted by molar-refractivity contribution is 6.04. The van der Waals surface area contributed by atoms with Crippen LogP contribution in [0.2, 0.25) is 0 Å². The van der Waals surface area contributed by atoms with Gasteiger partial charge in [-0.2, -0.15) is 0 Å². The highest BCUT2D eigenvalue weighted by Gasteiger charge is 2.41. The molecular formula is C24H20N4O4. The normalized spacial score (nSPS) is 16.6. The Balaban J connectivity index is 2.13. The van der Waals surface area contributed by atoms with Crippen LogP contribution in [-0.4, -0.2) is 47.2 Å². The Labute approximate surface area is 186 Å². The van der Waals surface area contributed by atoms with Gasteiger partial charge in [0.1, 0.15) is 18.1 Å². The molecule has 2 aromatic rings. The largest absolute Gasteiger partial charge is 0.497 e. The SMILES string of the molecule is C#CC(=O)C1NC(C(=O)C#C)N(CCC=O)c2nc(C#Cc3cccc(OC)c3)n(C)c21. The molecule has 1 aromatic carbocycles. The Morgan fingerprint density at radius 2 is 2.00 bits per heavy atom. The minimum Gasteiger partial charge on any atom is -0.497 e. The maximum absolute atomic E-state index is 12.5. The molecule has 0 bridgehead atoms. The Hall–Kier alpha value is -4.32. The molecule has 32 heavy (non-hydrogen) atoms. The van der Waals surface area contributed by atoms with E-state index < -0.39 is 23.8 Å². The third-order valence-corrected chi connectivity index (χ3v) is 4.97. The zero-order valence-electron chi connectivity index (χ0n) is 17.6. The number of rotatable bonds is 6. The number of fused-ring (bicyclic) bond motifs is 1. The fourth-order valence-electron chi connectivity index (χ4n) is 3.43. The van der Waals surface area contributed by atoms with E-state index in [-0.39, 0.29) is 13.0 Å². The molecule has 0 amide bonds. The molecule has 160 valence electrons. The van der Waals surface area contributed by atoms with E-state index >= 15 is 0 Å². The van der Waals surface area contributed by atoms with Crippen molar-refractivity contribution < 1.29 is 19.1 Å². The van der Waals surface area contributed by atoms with Crippen LogP contribution in [0.4, 0.5) is 5.82 Å². The van der Waals surface area contributed by atoms with E-state index in [4.69, 9.17) is 17.6 Å². The monoisotopic (exact) mass is 428 g/mol. The Morgan fingerprint density at radius 1 is 1.25 bits per heavy atom. The summed E-state index contributed by atoms with van der Waals surface area (Å²) in [5, 5.41) is 2.91. The van der Waals surface area contributed by atoms with Crippen molar-refractivity contribution in [2.75, 3.05) is 18.6 Å². The highest BCUT2D eigenvalue weighted by atomic mass is 16.5. The van der Waals surface area contributed by atoms with Crippen LogP contribution in [0.1, 0.15) is 29.5 Å². The second kappa shape index (κ2) is 9.66. The molecule has 1 aliphatic rings. The number of anilines is 1. The summed E-state index contributed by atoms with van der Waals surface area (Å²) in [6.07, 6.45) is 10.5. The van der Waals surface area contributed by atoms with Crippen molar-refractivity contribution in [1.29, 1.82) is 0 Å². The van der Waals surface area contributed by atoms with E-state index in [0.717, 1.165) is 6.29 Å². The summed E-state index contributed by atoms with van der Waals surface area (Å²) in [5.74, 6) is 10.3. The maximum Gasteiger partial charge on any atom is 0.242 e. The average Bonchev–Trinajstić information content (AvgIpc) is 3.16. The Morgan fingerprint density at radius 3 is 2.66 bits per heavy atom. The molecule has 1 aromatic heterocycles. The summed E-state index contributed by atoms with van der Waals surface area (Å²) in [6, 6.07) is 6.21. The molecule has 1 N–H and O–H groups in total. The van der Waals surface area contributed by atoms with Gasteiger partial charge in [-0.05, 0) is 36.0 Å². The second-order valence-corrected chi connectivity index (χ2v) is 6.85. The van der Waals surface area contributed by atoms with Crippen molar-refractivity contribution in [1.82, 2.24) is 14.9 Å². The third-order valence-electron chi connectivity index (χ3n) is 4.97. The maximum atomic E-state index is 12.5. The van der Waals surface area contributed by atoms with Gasteiger partial charge < -0.3 is 19.0 Å². The summed E-state index contributed by atoms with van der Waals surface area (Å²) >= 11 is 0. The average molecular weight is 428 g/mol. The number of hydrogen-bond donors (Lipinski definition) is 1. The molecule has 8 nitrogen and oxygen atoms in total. The van der Waals surface area contributed by atoms with Crippen LogP contribution < -0.4 is 15.0 Å². The second-order valence-electron chi connectivity index (χ2n) is 6.85. The van der Waals surface area contributed by atoms with Crippen molar-refractivity contribution in [3.8, 4) is 42.3 Å². The number of carbonyl (C=O) groups is 3. The molecule has 2 unspecified atom stereocenters. The summed E-state index contributed by atoms with van der Waals surface area (Å²) in [5.41, 5.74) is 1.15. The van der Waals surface area contributed by atoms with Crippen LogP contribution in [0.25, 0.3) is 0 Å². The van der Waals surface area contributed by atoms with Gasteiger partial charge in [-0.25, -0.2) is 4.98 Å². The van der Waals surface area contributed by atoms with Crippen LogP contribution in [0.5, 0.6) is 5.75 Å². The lowest BCUT2D eigenvalue weighted by Gasteiger charge is -2.38. The van der Waals surface area contributed by atoms with E-state index in [0.29, 0.717) is 28.6 Å². The quantitative estimate of drug-likeness (QED) is 0.409. The fraction of sp³-hybridized carbons (Fsp3) is 0.250. The van der Waals surface area contributed by atoms with Crippen molar-refractivity contribution >= 4 is 23.7 Å². The molecule has 0 spiro atoms. The lowest BCUT2D eigenvalue weighted by atomic mass is 10.0. The van der Waals surface area contributed by atoms with Gasteiger partial charge in [0.15, 0.2) is 17.8 Å². The molecule has 3 rings (SSSR count). The smallest absolute Gasteiger partial charge is 0.242 e. The highest BCUT2D eigenvalue weighted by Crippen LogP contribution is 2.33. The lowest BCUT2D eigenvalue weighted by molar-refractivity contribution is -0.118. The van der Waals surface area contributed by atoms with Crippen LogP contribution in [-0.2, 0) is 21.4 Å². The number of imidazole rings is 1. The Kier molecular flexibility index (Phi) is 6.75. The number of aldehydes is 1. The number of Topliss-reactive ketones (excluding diaryl/α,β-unsaturated/α-hetero) is 2. The minimum absolute atomic E-state index is 0.130. The van der Waals surface area contributed by atoms with Gasteiger partial charge in [0.2, 0.25) is 11.6 Å². The predicted octanol–water partition coefficient (Wildman–Crippen LogP) is 0.599. The van der Waals surface area contributed by atoms with Gasteiger partial charge in [0, 0.05) is 25.6 Å². The van der Waals surface area contributed by atoms with E-state index in [2.05, 4.69) is 34.0 Å². The number of ether oxygens (including phenoxy) is 1. The molecule has 0 radical (unpaired) electrons. The first-order chi connectivity index (χ1) is 15.4. The van der Waals surface area contributed by atoms with Gasteiger partial charge in [-0.3, -0.25) is 14.9 Å². The van der Waals surface area contributed by atoms with E-state index in [1.807, 2.05) is 12.1 Å². The van der Waals surface area contributed by atoms with E-state index in [1.165, 1.54) is 0 Å². The van der Waals surface area contributed by atoms with Gasteiger partial charge in [0.25, 0.3) is 0 Å². The van der Waals surface area contributed by atoms with Crippen molar-refractivity contribution in [3.05, 3.63) is 41.3 Å². The standard InChI is InChI=1S/C24H20N4O4/c1-5-18(30)21-22-24(28(13-8-14-29)23(26-21)19(31)6-2)25-20(27(22)3)12-11-16-9-7-10-17(15-16)32-4/h1-2,7,9-10,14-15,21,23,26H,8,13H2,3-4H3. The first kappa shape index (κ1) is 22.4. The molecule has 0 aliphatic carbocycles. The van der Waals surface area contributed by atoms with Crippen molar-refractivity contribution in [3.63, 3.8) is 0 Å². The van der Waals surface area contributed by atoms with Crippen molar-refractivity contribution in [2.45, 2.75) is 18.6 Å². The zero-order chi connectivity index (χ0) is 23.3. The molecule has 1 aliphatic heterocycles. The molecule has 2 atom stereocenters. The van der Waals surface area contributed by atoms with Gasteiger partial charge >= 0.3 is 0 Å². The topological polar surface area (TPSA) is 93.5 Å². The molecule has 8 heteroatoms. The minimum atomic E-state index is -1.05. The fourth-order valence-corrected chi connectivity index (χ4v) is 3.43. The number of benzene rings is 1. The molecule has 2 heterocycles. The van der Waals surface area contributed by atoms with E-state index in [9.17, 15) is 14.4 Å². The molecule has 0 saturated carbocycles. The van der Waals surface area contributed by atoms with Crippen molar-refractivity contribution in [2.24, 2.45) is 7.05 Å². The van der Waals surface area contributed by atoms with Gasteiger partial charge in [-0.1, -0.05) is 12.0 Å². The number of nitrogens with zero attached hydrogens (tertiary/aromatic N) is 3. The summed E-state index contributed by atoms with van der Waals surface area (Å²) in [4.78, 5) is 42.0. The van der Waals surface area contributed by atoms with Crippen LogP contribution in [0.3, 0.4) is 0 Å².